The second kappa shape index (κ2) is 8.34. The zero-order valence-corrected chi connectivity index (χ0v) is 18.0. The lowest BCUT2D eigenvalue weighted by atomic mass is 9.84. The summed E-state index contributed by atoms with van der Waals surface area (Å²) in [6.45, 7) is 7.25. The number of nitrogens with two attached hydrogens (primary N) is 1. The predicted molar refractivity (Wildman–Crippen MR) is 111 cm³/mol. The normalized spacial score (nSPS) is 13.4. The van der Waals surface area contributed by atoms with Gasteiger partial charge in [-0.3, -0.25) is 9.59 Å². The summed E-state index contributed by atoms with van der Waals surface area (Å²) in [5.41, 5.74) is 5.03. The van der Waals surface area contributed by atoms with Crippen molar-refractivity contribution in [3.05, 3.63) is 51.2 Å². The number of esters is 1. The Morgan fingerprint density at radius 2 is 1.83 bits per heavy atom. The van der Waals surface area contributed by atoms with Crippen LogP contribution in [0.25, 0.3) is 0 Å². The summed E-state index contributed by atoms with van der Waals surface area (Å²) < 4.78 is 4.65. The SMILES string of the molecule is COC(=O)C(C)(N)C(=O)c1sc(C(=O)NCc2cccc(O)c2)cc1C(C)(C)C. The van der Waals surface area contributed by atoms with Crippen LogP contribution in [0.1, 0.15) is 58.2 Å². The van der Waals surface area contributed by atoms with Crippen LogP contribution >= 0.6 is 11.3 Å². The number of phenolic OH excluding ortho intramolecular Hbond substituents is 1. The van der Waals surface area contributed by atoms with Gasteiger partial charge in [0.2, 0.25) is 5.78 Å². The van der Waals surface area contributed by atoms with Gasteiger partial charge < -0.3 is 20.9 Å². The molecule has 1 atom stereocenters. The molecular weight excluding hydrogens is 392 g/mol. The molecule has 2 rings (SSSR count). The molecule has 1 unspecified atom stereocenters. The Morgan fingerprint density at radius 3 is 2.38 bits per heavy atom. The van der Waals surface area contributed by atoms with Crippen LogP contribution in [0.15, 0.2) is 30.3 Å². The van der Waals surface area contributed by atoms with Crippen molar-refractivity contribution in [2.45, 2.75) is 45.2 Å². The van der Waals surface area contributed by atoms with Crippen molar-refractivity contribution in [3.8, 4) is 5.75 Å². The molecule has 0 aliphatic heterocycles. The van der Waals surface area contributed by atoms with Crippen LogP contribution in [0.2, 0.25) is 0 Å². The van der Waals surface area contributed by atoms with Crippen LogP contribution in [0.4, 0.5) is 0 Å². The number of phenols is 1. The summed E-state index contributed by atoms with van der Waals surface area (Å²) in [5, 5.41) is 12.3. The number of Topliss-reactive ketones (excluding diaryl/α,β-unsaturated/α-hetero) is 1. The summed E-state index contributed by atoms with van der Waals surface area (Å²) >= 11 is 0.997. The van der Waals surface area contributed by atoms with Crippen molar-refractivity contribution in [2.75, 3.05) is 7.11 Å². The van der Waals surface area contributed by atoms with E-state index in [1.54, 1.807) is 30.3 Å². The monoisotopic (exact) mass is 418 g/mol. The Balaban J connectivity index is 2.34. The third-order valence-corrected chi connectivity index (χ3v) is 5.55. The fourth-order valence-electron chi connectivity index (χ4n) is 2.71. The zero-order valence-electron chi connectivity index (χ0n) is 17.2. The molecule has 0 aliphatic carbocycles. The first kappa shape index (κ1) is 22.6. The van der Waals surface area contributed by atoms with E-state index in [0.717, 1.165) is 16.9 Å². The number of ether oxygens (including phenoxy) is 1. The van der Waals surface area contributed by atoms with Crippen LogP contribution in [0.5, 0.6) is 5.75 Å². The van der Waals surface area contributed by atoms with Gasteiger partial charge in [-0.1, -0.05) is 32.9 Å². The van der Waals surface area contributed by atoms with Crippen LogP contribution in [0, 0.1) is 0 Å². The van der Waals surface area contributed by atoms with Crippen molar-refractivity contribution >= 4 is 29.0 Å². The first-order valence-electron chi connectivity index (χ1n) is 9.00. The highest BCUT2D eigenvalue weighted by molar-refractivity contribution is 7.16. The average Bonchev–Trinajstić information content (AvgIpc) is 3.10. The summed E-state index contributed by atoms with van der Waals surface area (Å²) in [5.74, 6) is -1.68. The molecular formula is C21H26N2O5S. The molecule has 7 nitrogen and oxygen atoms in total. The van der Waals surface area contributed by atoms with E-state index < -0.39 is 22.7 Å². The quantitative estimate of drug-likeness (QED) is 0.377. The third-order valence-electron chi connectivity index (χ3n) is 4.41. The van der Waals surface area contributed by atoms with E-state index in [-0.39, 0.29) is 23.1 Å². The van der Waals surface area contributed by atoms with Gasteiger partial charge in [-0.15, -0.1) is 11.3 Å². The smallest absolute Gasteiger partial charge is 0.333 e. The second-order valence-electron chi connectivity index (χ2n) is 7.98. The number of rotatable bonds is 6. The third kappa shape index (κ3) is 5.02. The van der Waals surface area contributed by atoms with E-state index in [0.29, 0.717) is 10.4 Å². The largest absolute Gasteiger partial charge is 0.508 e. The highest BCUT2D eigenvalue weighted by Gasteiger charge is 2.42. The molecule has 0 spiro atoms. The average molecular weight is 419 g/mol. The topological polar surface area (TPSA) is 119 Å². The summed E-state index contributed by atoms with van der Waals surface area (Å²) in [7, 11) is 1.17. The number of ketones is 1. The van der Waals surface area contributed by atoms with E-state index in [1.165, 1.54) is 14.0 Å². The Bertz CT molecular complexity index is 941. The minimum atomic E-state index is -1.85. The lowest BCUT2D eigenvalue weighted by Crippen LogP contribution is -2.53. The lowest BCUT2D eigenvalue weighted by Gasteiger charge is -2.23. The van der Waals surface area contributed by atoms with Gasteiger partial charge in [-0.2, -0.15) is 0 Å². The number of nitrogens with one attached hydrogen (secondary N) is 1. The minimum absolute atomic E-state index is 0.112. The zero-order chi connectivity index (χ0) is 22.0. The summed E-state index contributed by atoms with van der Waals surface area (Å²) in [6.07, 6.45) is 0. The van der Waals surface area contributed by atoms with Crippen molar-refractivity contribution in [2.24, 2.45) is 5.73 Å². The van der Waals surface area contributed by atoms with Crippen molar-refractivity contribution in [1.29, 1.82) is 0 Å². The number of thiophene rings is 1. The molecule has 0 bridgehead atoms. The number of amides is 1. The molecule has 0 fully saturated rings. The fourth-order valence-corrected chi connectivity index (χ4v) is 4.05. The van der Waals surface area contributed by atoms with Gasteiger partial charge in [0, 0.05) is 6.54 Å². The highest BCUT2D eigenvalue weighted by atomic mass is 32.1. The molecule has 156 valence electrons. The van der Waals surface area contributed by atoms with Crippen LogP contribution in [-0.4, -0.2) is 35.4 Å². The molecule has 0 radical (unpaired) electrons. The van der Waals surface area contributed by atoms with E-state index in [4.69, 9.17) is 5.73 Å². The molecule has 0 aliphatic rings. The van der Waals surface area contributed by atoms with Crippen molar-refractivity contribution in [3.63, 3.8) is 0 Å². The molecule has 29 heavy (non-hydrogen) atoms. The van der Waals surface area contributed by atoms with Gasteiger partial charge in [0.15, 0.2) is 5.54 Å². The number of benzene rings is 1. The molecule has 1 heterocycles. The maximum atomic E-state index is 13.0. The van der Waals surface area contributed by atoms with Crippen LogP contribution in [-0.2, 0) is 21.5 Å². The standard InChI is InChI=1S/C21H26N2O5S/c1-20(2,3)14-10-15(18(26)23-11-12-7-6-8-13(24)9-12)29-16(14)17(25)21(4,22)19(27)28-5/h6-10,24H,11,22H2,1-5H3,(H,23,26). The first-order valence-corrected chi connectivity index (χ1v) is 9.82. The van der Waals surface area contributed by atoms with E-state index in [2.05, 4.69) is 10.1 Å². The molecule has 8 heteroatoms. The predicted octanol–water partition coefficient (Wildman–Crippen LogP) is 2.75. The molecule has 2 aromatic rings. The Kier molecular flexibility index (Phi) is 6.50. The molecule has 1 amide bonds. The number of hydrogen-bond donors (Lipinski definition) is 3. The minimum Gasteiger partial charge on any atom is -0.508 e. The van der Waals surface area contributed by atoms with Gasteiger partial charge in [-0.25, -0.2) is 4.79 Å². The summed E-state index contributed by atoms with van der Waals surface area (Å²) in [6, 6.07) is 8.22. The Morgan fingerprint density at radius 1 is 1.17 bits per heavy atom. The first-order chi connectivity index (χ1) is 13.4. The maximum absolute atomic E-state index is 13.0. The van der Waals surface area contributed by atoms with E-state index >= 15 is 0 Å². The van der Waals surface area contributed by atoms with E-state index in [9.17, 15) is 19.5 Å². The Labute approximate surface area is 173 Å². The lowest BCUT2D eigenvalue weighted by molar-refractivity contribution is -0.144. The number of carbonyl (C=O) groups excluding carboxylic acids is 3. The maximum Gasteiger partial charge on any atom is 0.333 e. The van der Waals surface area contributed by atoms with Gasteiger partial charge in [0.25, 0.3) is 5.91 Å². The van der Waals surface area contributed by atoms with Gasteiger partial charge in [0.1, 0.15) is 5.75 Å². The van der Waals surface area contributed by atoms with Crippen molar-refractivity contribution < 1.29 is 24.2 Å². The highest BCUT2D eigenvalue weighted by Crippen LogP contribution is 2.35. The van der Waals surface area contributed by atoms with E-state index in [1.807, 2.05) is 20.8 Å². The number of hydrogen-bond acceptors (Lipinski definition) is 7. The number of carbonyl (C=O) groups is 3. The van der Waals surface area contributed by atoms with Crippen molar-refractivity contribution in [1.82, 2.24) is 5.32 Å². The molecule has 4 N–H and O–H groups in total. The molecule has 0 saturated carbocycles. The number of aromatic hydroxyl groups is 1. The fraction of sp³-hybridized carbons (Fsp3) is 0.381. The summed E-state index contributed by atoms with van der Waals surface area (Å²) in [4.78, 5) is 38.2. The van der Waals surface area contributed by atoms with Gasteiger partial charge in [-0.05, 0) is 41.7 Å². The van der Waals surface area contributed by atoms with Crippen LogP contribution in [0.3, 0.4) is 0 Å². The van der Waals surface area contributed by atoms with Gasteiger partial charge >= 0.3 is 5.97 Å². The number of methoxy groups -OCH3 is 1. The second-order valence-corrected chi connectivity index (χ2v) is 9.03. The van der Waals surface area contributed by atoms with Crippen LogP contribution < -0.4 is 11.1 Å². The molecule has 1 aromatic heterocycles. The molecule has 0 saturated heterocycles. The molecule has 1 aromatic carbocycles. The Hall–Kier alpha value is -2.71. The van der Waals surface area contributed by atoms with Gasteiger partial charge in [0.05, 0.1) is 16.9 Å².